The lowest BCUT2D eigenvalue weighted by atomic mass is 10.0. The summed E-state index contributed by atoms with van der Waals surface area (Å²) in [6.07, 6.45) is 4.50. The summed E-state index contributed by atoms with van der Waals surface area (Å²) in [7, 11) is 0. The SMILES string of the molecule is N#Cc1ccc(-n2c3ccccc3c3cc(-c4ccc5c(c4)c4ccccc4n5C4C=CC(c5ccc(N(c6ccccc6)c6ccccc6)cc5)=NC4)ccc32)cc1. The Balaban J connectivity index is 0.915. The van der Waals surface area contributed by atoms with Gasteiger partial charge in [-0.2, -0.15) is 5.26 Å². The van der Waals surface area contributed by atoms with Crippen LogP contribution in [-0.2, 0) is 0 Å². The normalized spacial score (nSPS) is 13.9. The highest BCUT2D eigenvalue weighted by Crippen LogP contribution is 2.39. The number of hydrogen-bond acceptors (Lipinski definition) is 3. The van der Waals surface area contributed by atoms with Crippen LogP contribution in [0, 0.1) is 11.3 Å². The third-order valence-electron chi connectivity index (χ3n) is 11.7. The number of aliphatic imine (C=N–C) groups is 1. The van der Waals surface area contributed by atoms with Crippen molar-refractivity contribution in [2.45, 2.75) is 6.04 Å². The molecule has 0 spiro atoms. The summed E-state index contributed by atoms with van der Waals surface area (Å²) in [6, 6.07) is 70.9. The Morgan fingerprint density at radius 2 is 1.00 bits per heavy atom. The van der Waals surface area contributed by atoms with Crippen LogP contribution >= 0.6 is 0 Å². The lowest BCUT2D eigenvalue weighted by Gasteiger charge is -2.25. The van der Waals surface area contributed by atoms with Gasteiger partial charge in [0.1, 0.15) is 0 Å². The summed E-state index contributed by atoms with van der Waals surface area (Å²) in [4.78, 5) is 7.45. The van der Waals surface area contributed by atoms with Gasteiger partial charge >= 0.3 is 0 Å². The minimum atomic E-state index is 0.0858. The average molecular weight is 756 g/mol. The molecule has 0 radical (unpaired) electrons. The summed E-state index contributed by atoms with van der Waals surface area (Å²) in [5.74, 6) is 0. The molecule has 5 heteroatoms. The van der Waals surface area contributed by atoms with Crippen molar-refractivity contribution in [2.75, 3.05) is 11.4 Å². The van der Waals surface area contributed by atoms with Crippen molar-refractivity contribution in [1.82, 2.24) is 9.13 Å². The topological polar surface area (TPSA) is 49.2 Å². The number of nitriles is 1. The van der Waals surface area contributed by atoms with Crippen molar-refractivity contribution in [1.29, 1.82) is 5.26 Å². The molecular weight excluding hydrogens is 719 g/mol. The molecule has 59 heavy (non-hydrogen) atoms. The van der Waals surface area contributed by atoms with Crippen molar-refractivity contribution in [3.63, 3.8) is 0 Å². The van der Waals surface area contributed by atoms with E-state index in [4.69, 9.17) is 4.99 Å². The van der Waals surface area contributed by atoms with Crippen LogP contribution < -0.4 is 4.90 Å². The van der Waals surface area contributed by atoms with Gasteiger partial charge in [0.05, 0.1) is 41.0 Å². The lowest BCUT2D eigenvalue weighted by molar-refractivity contribution is 0.650. The number of rotatable bonds is 7. The van der Waals surface area contributed by atoms with Crippen LogP contribution in [0.3, 0.4) is 0 Å². The monoisotopic (exact) mass is 755 g/mol. The molecule has 8 aromatic carbocycles. The molecule has 1 atom stereocenters. The van der Waals surface area contributed by atoms with E-state index in [2.05, 4.69) is 202 Å². The molecule has 0 aliphatic carbocycles. The Morgan fingerprint density at radius 3 is 1.63 bits per heavy atom. The molecule has 278 valence electrons. The van der Waals surface area contributed by atoms with Gasteiger partial charge in [-0.1, -0.05) is 103 Å². The van der Waals surface area contributed by atoms with Crippen molar-refractivity contribution >= 4 is 66.4 Å². The molecule has 0 fully saturated rings. The second-order valence-corrected chi connectivity index (χ2v) is 15.1. The van der Waals surface area contributed by atoms with E-state index in [9.17, 15) is 5.26 Å². The zero-order chi connectivity index (χ0) is 39.3. The van der Waals surface area contributed by atoms with Crippen LogP contribution in [-0.4, -0.2) is 21.4 Å². The number of dihydropyridines is 1. The third kappa shape index (κ3) is 5.89. The maximum atomic E-state index is 9.39. The van der Waals surface area contributed by atoms with Gasteiger partial charge in [-0.25, -0.2) is 0 Å². The number of para-hydroxylation sites is 4. The van der Waals surface area contributed by atoms with E-state index < -0.39 is 0 Å². The largest absolute Gasteiger partial charge is 0.332 e. The first-order valence-corrected chi connectivity index (χ1v) is 20.0. The van der Waals surface area contributed by atoms with E-state index >= 15 is 0 Å². The molecule has 0 amide bonds. The van der Waals surface area contributed by atoms with E-state index in [1.807, 2.05) is 24.3 Å². The van der Waals surface area contributed by atoms with Gasteiger partial charge in [0.15, 0.2) is 0 Å². The van der Waals surface area contributed by atoms with Gasteiger partial charge < -0.3 is 14.0 Å². The molecule has 0 saturated heterocycles. The summed E-state index contributed by atoms with van der Waals surface area (Å²) < 4.78 is 4.75. The maximum Gasteiger partial charge on any atom is 0.0991 e. The zero-order valence-corrected chi connectivity index (χ0v) is 32.2. The summed E-state index contributed by atoms with van der Waals surface area (Å²) in [5, 5.41) is 14.3. The molecular formula is C54H37N5. The number of fused-ring (bicyclic) bond motifs is 6. The second kappa shape index (κ2) is 14.2. The van der Waals surface area contributed by atoms with Crippen LogP contribution in [0.5, 0.6) is 0 Å². The van der Waals surface area contributed by atoms with Crippen molar-refractivity contribution in [3.8, 4) is 22.9 Å². The van der Waals surface area contributed by atoms with Crippen LogP contribution in [0.15, 0.2) is 211 Å². The summed E-state index contributed by atoms with van der Waals surface area (Å²) in [6.45, 7) is 0.656. The average Bonchev–Trinajstić information content (AvgIpc) is 3.82. The molecule has 10 aromatic rings. The Hall–Kier alpha value is -7.94. The van der Waals surface area contributed by atoms with E-state index in [1.54, 1.807) is 0 Å². The fraction of sp³-hybridized carbons (Fsp3) is 0.0370. The number of anilines is 3. The van der Waals surface area contributed by atoms with E-state index in [-0.39, 0.29) is 6.04 Å². The zero-order valence-electron chi connectivity index (χ0n) is 32.2. The van der Waals surface area contributed by atoms with Gasteiger partial charge in [-0.05, 0) is 120 Å². The smallest absolute Gasteiger partial charge is 0.0991 e. The first-order chi connectivity index (χ1) is 29.2. The summed E-state index contributed by atoms with van der Waals surface area (Å²) in [5.41, 5.74) is 14.2. The predicted molar refractivity (Wildman–Crippen MR) is 245 cm³/mol. The van der Waals surface area contributed by atoms with Crippen molar-refractivity contribution in [2.24, 2.45) is 4.99 Å². The number of hydrogen-bond donors (Lipinski definition) is 0. The minimum Gasteiger partial charge on any atom is -0.332 e. The fourth-order valence-corrected chi connectivity index (χ4v) is 8.90. The molecule has 3 heterocycles. The van der Waals surface area contributed by atoms with Crippen LogP contribution in [0.25, 0.3) is 60.4 Å². The molecule has 1 unspecified atom stereocenters. The molecule has 2 aromatic heterocycles. The van der Waals surface area contributed by atoms with Gasteiger partial charge in [-0.15, -0.1) is 0 Å². The first-order valence-electron chi connectivity index (χ1n) is 20.0. The van der Waals surface area contributed by atoms with Crippen molar-refractivity contribution in [3.05, 3.63) is 217 Å². The molecule has 1 aliphatic rings. The summed E-state index contributed by atoms with van der Waals surface area (Å²) >= 11 is 0. The van der Waals surface area contributed by atoms with Crippen molar-refractivity contribution < 1.29 is 0 Å². The van der Waals surface area contributed by atoms with Crippen LogP contribution in [0.2, 0.25) is 0 Å². The predicted octanol–water partition coefficient (Wildman–Crippen LogP) is 13.5. The number of benzene rings is 8. The molecule has 0 saturated carbocycles. The molecule has 0 N–H and O–H groups in total. The van der Waals surface area contributed by atoms with Crippen LogP contribution in [0.1, 0.15) is 17.2 Å². The second-order valence-electron chi connectivity index (χ2n) is 15.1. The number of nitrogens with zero attached hydrogens (tertiary/aromatic N) is 5. The molecule has 5 nitrogen and oxygen atoms in total. The highest BCUT2D eigenvalue weighted by Gasteiger charge is 2.21. The van der Waals surface area contributed by atoms with Crippen LogP contribution in [0.4, 0.5) is 17.1 Å². The highest BCUT2D eigenvalue weighted by atomic mass is 15.1. The third-order valence-corrected chi connectivity index (χ3v) is 11.7. The fourth-order valence-electron chi connectivity index (χ4n) is 8.90. The Bertz CT molecular complexity index is 3250. The maximum absolute atomic E-state index is 9.39. The number of allylic oxidation sites excluding steroid dienone is 1. The Labute approximate surface area is 342 Å². The Kier molecular flexibility index (Phi) is 8.27. The quantitative estimate of drug-likeness (QED) is 0.163. The molecule has 0 bridgehead atoms. The van der Waals surface area contributed by atoms with E-state index in [0.29, 0.717) is 12.1 Å². The van der Waals surface area contributed by atoms with E-state index in [0.717, 1.165) is 45.1 Å². The minimum absolute atomic E-state index is 0.0858. The van der Waals surface area contributed by atoms with Gasteiger partial charge in [0.25, 0.3) is 0 Å². The standard InChI is InChI=1S/C54H37N5/c55-35-37-19-25-44(26-20-37)58-51-17-9-7-15-46(51)48-33-39(23-31-53(48)58)40-24-32-54-49(34-40)47-16-8-10-18-52(47)59(54)45-29-30-50(56-36-45)38-21-27-43(28-22-38)57(41-11-3-1-4-12-41)42-13-5-2-6-14-42/h1-34,45H,36H2. The highest BCUT2D eigenvalue weighted by molar-refractivity contribution is 6.13. The van der Waals surface area contributed by atoms with Gasteiger partial charge in [0, 0.05) is 55.3 Å². The first kappa shape index (κ1) is 34.3. The number of aromatic nitrogens is 2. The molecule has 11 rings (SSSR count). The van der Waals surface area contributed by atoms with Gasteiger partial charge in [0.2, 0.25) is 0 Å². The van der Waals surface area contributed by atoms with Gasteiger partial charge in [-0.3, -0.25) is 4.99 Å². The Morgan fingerprint density at radius 1 is 0.492 bits per heavy atom. The van der Waals surface area contributed by atoms with E-state index in [1.165, 1.54) is 43.7 Å². The molecule has 1 aliphatic heterocycles. The lowest BCUT2D eigenvalue weighted by Crippen LogP contribution is -2.16.